The molecule has 0 aliphatic carbocycles. The van der Waals surface area contributed by atoms with E-state index >= 15 is 0 Å². The van der Waals surface area contributed by atoms with Gasteiger partial charge >= 0.3 is 0 Å². The van der Waals surface area contributed by atoms with Crippen LogP contribution >= 0.6 is 39.9 Å². The lowest BCUT2D eigenvalue weighted by atomic mass is 10.1. The second-order valence-electron chi connectivity index (χ2n) is 7.65. The number of nitrogens with zero attached hydrogens (tertiary/aromatic N) is 1. The Bertz CT molecular complexity index is 1310. The molecule has 0 unspecified atom stereocenters. The Morgan fingerprint density at radius 2 is 1.80 bits per heavy atom. The molecular weight excluding hydrogens is 548 g/mol. The van der Waals surface area contributed by atoms with Crippen molar-refractivity contribution < 1.29 is 19.1 Å². The predicted molar refractivity (Wildman–Crippen MR) is 145 cm³/mol. The Labute approximate surface area is 221 Å². The Morgan fingerprint density at radius 3 is 2.49 bits per heavy atom. The number of hydrogen-bond donors (Lipinski definition) is 1. The Kier molecular flexibility index (Phi) is 7.90. The summed E-state index contributed by atoms with van der Waals surface area (Å²) in [7, 11) is 1.56. The van der Waals surface area contributed by atoms with Crippen LogP contribution < -0.4 is 14.9 Å². The van der Waals surface area contributed by atoms with Gasteiger partial charge in [0.1, 0.15) is 6.61 Å². The second kappa shape index (κ2) is 11.1. The molecule has 6 nitrogen and oxygen atoms in total. The highest BCUT2D eigenvalue weighted by molar-refractivity contribution is 9.10. The van der Waals surface area contributed by atoms with Crippen molar-refractivity contribution in [3.05, 3.63) is 98.4 Å². The highest BCUT2D eigenvalue weighted by Crippen LogP contribution is 2.34. The minimum Gasteiger partial charge on any atom is -0.493 e. The molecular formula is C26H21BrN2O4S2. The zero-order valence-electron chi connectivity index (χ0n) is 18.9. The van der Waals surface area contributed by atoms with Gasteiger partial charge in [0, 0.05) is 10.0 Å². The van der Waals surface area contributed by atoms with Gasteiger partial charge in [-0.1, -0.05) is 63.6 Å². The molecule has 1 fully saturated rings. The molecule has 0 atom stereocenters. The fraction of sp³-hybridized carbons (Fsp3) is 0.115. The lowest BCUT2D eigenvalue weighted by molar-refractivity contribution is -0.123. The van der Waals surface area contributed by atoms with Gasteiger partial charge in [-0.2, -0.15) is 5.01 Å². The minimum atomic E-state index is -0.406. The number of methoxy groups -OCH3 is 1. The van der Waals surface area contributed by atoms with Gasteiger partial charge in [0.2, 0.25) is 0 Å². The maximum atomic E-state index is 12.9. The molecule has 1 heterocycles. The Balaban J connectivity index is 1.46. The quantitative estimate of drug-likeness (QED) is 0.283. The molecule has 178 valence electrons. The van der Waals surface area contributed by atoms with E-state index in [1.807, 2.05) is 49.4 Å². The van der Waals surface area contributed by atoms with Crippen molar-refractivity contribution in [3.8, 4) is 11.5 Å². The summed E-state index contributed by atoms with van der Waals surface area (Å²) in [6, 6.07) is 20.3. The van der Waals surface area contributed by atoms with Crippen molar-refractivity contribution in [1.29, 1.82) is 0 Å². The van der Waals surface area contributed by atoms with Gasteiger partial charge in [-0.15, -0.1) is 0 Å². The highest BCUT2D eigenvalue weighted by Gasteiger charge is 2.33. The average Bonchev–Trinajstić information content (AvgIpc) is 3.11. The molecule has 1 saturated heterocycles. The summed E-state index contributed by atoms with van der Waals surface area (Å²) in [6.45, 7) is 2.33. The van der Waals surface area contributed by atoms with Crippen molar-refractivity contribution in [2.75, 3.05) is 7.11 Å². The number of thiocarbonyl (C=S) groups is 1. The molecule has 1 aliphatic heterocycles. The first kappa shape index (κ1) is 25.0. The third-order valence-corrected chi connectivity index (χ3v) is 6.94. The molecule has 3 aromatic rings. The van der Waals surface area contributed by atoms with Crippen LogP contribution in [0.15, 0.2) is 76.1 Å². The summed E-state index contributed by atoms with van der Waals surface area (Å²) < 4.78 is 12.7. The van der Waals surface area contributed by atoms with E-state index in [2.05, 4.69) is 21.4 Å². The number of aryl methyl sites for hydroxylation is 1. The number of nitrogens with one attached hydrogen (secondary N) is 1. The summed E-state index contributed by atoms with van der Waals surface area (Å²) in [5.41, 5.74) is 5.83. The fourth-order valence-corrected chi connectivity index (χ4v) is 4.67. The molecule has 9 heteroatoms. The number of ether oxygens (including phenoxy) is 2. The first-order chi connectivity index (χ1) is 16.8. The van der Waals surface area contributed by atoms with Crippen LogP contribution in [0.25, 0.3) is 6.08 Å². The number of thioether (sulfide) groups is 1. The molecule has 0 saturated carbocycles. The van der Waals surface area contributed by atoms with Crippen molar-refractivity contribution in [2.45, 2.75) is 13.5 Å². The summed E-state index contributed by atoms with van der Waals surface area (Å²) in [5.74, 6) is 0.330. The molecule has 2 amide bonds. The van der Waals surface area contributed by atoms with Crippen LogP contribution in [-0.2, 0) is 11.4 Å². The van der Waals surface area contributed by atoms with Gasteiger partial charge in [0.15, 0.2) is 15.8 Å². The summed E-state index contributed by atoms with van der Waals surface area (Å²) in [6.07, 6.45) is 1.71. The standard InChI is InChI=1S/C26H21BrN2O4S2/c1-16-3-8-19(9-4-16)24(30)28-29-25(31)23(35-26(29)34)14-18-7-12-21(22(13-18)32-2)33-15-17-5-10-20(27)11-6-17/h3-14H,15H2,1-2H3,(H,28,30)/b23-14+. The van der Waals surface area contributed by atoms with Gasteiger partial charge in [-0.05, 0) is 72.7 Å². The molecule has 0 spiro atoms. The maximum absolute atomic E-state index is 12.9. The fourth-order valence-electron chi connectivity index (χ4n) is 3.22. The average molecular weight is 570 g/mol. The van der Waals surface area contributed by atoms with E-state index in [1.54, 1.807) is 37.5 Å². The van der Waals surface area contributed by atoms with E-state index in [0.717, 1.165) is 37.9 Å². The number of hydrazine groups is 1. The van der Waals surface area contributed by atoms with Crippen molar-refractivity contribution in [1.82, 2.24) is 10.4 Å². The van der Waals surface area contributed by atoms with Crippen LogP contribution in [-0.4, -0.2) is 28.3 Å². The third kappa shape index (κ3) is 6.11. The minimum absolute atomic E-state index is 0.253. The zero-order valence-corrected chi connectivity index (χ0v) is 22.1. The molecule has 0 aromatic heterocycles. The van der Waals surface area contributed by atoms with Crippen LogP contribution in [0.4, 0.5) is 0 Å². The van der Waals surface area contributed by atoms with Crippen molar-refractivity contribution in [2.24, 2.45) is 0 Å². The molecule has 3 aromatic carbocycles. The molecule has 35 heavy (non-hydrogen) atoms. The van der Waals surface area contributed by atoms with Gasteiger partial charge < -0.3 is 9.47 Å². The first-order valence-corrected chi connectivity index (χ1v) is 12.6. The molecule has 1 aliphatic rings. The van der Waals surface area contributed by atoms with Crippen LogP contribution in [0.1, 0.15) is 27.0 Å². The largest absolute Gasteiger partial charge is 0.493 e. The third-order valence-electron chi connectivity index (χ3n) is 5.11. The van der Waals surface area contributed by atoms with Crippen molar-refractivity contribution in [3.63, 3.8) is 0 Å². The van der Waals surface area contributed by atoms with E-state index in [9.17, 15) is 9.59 Å². The van der Waals surface area contributed by atoms with E-state index in [1.165, 1.54) is 0 Å². The molecule has 0 radical (unpaired) electrons. The molecule has 1 N–H and O–H groups in total. The van der Waals surface area contributed by atoms with E-state index < -0.39 is 11.8 Å². The number of rotatable bonds is 7. The Hall–Kier alpha value is -3.14. The zero-order chi connectivity index (χ0) is 24.9. The van der Waals surface area contributed by atoms with Crippen LogP contribution in [0, 0.1) is 6.92 Å². The van der Waals surface area contributed by atoms with E-state index in [4.69, 9.17) is 21.7 Å². The summed E-state index contributed by atoms with van der Waals surface area (Å²) in [5, 5.41) is 1.10. The van der Waals surface area contributed by atoms with E-state index in [0.29, 0.717) is 28.6 Å². The van der Waals surface area contributed by atoms with Gasteiger partial charge in [0.05, 0.1) is 12.0 Å². The number of hydrogen-bond acceptors (Lipinski definition) is 6. The number of benzene rings is 3. The number of carbonyl (C=O) groups excluding carboxylic acids is 2. The Morgan fingerprint density at radius 1 is 1.09 bits per heavy atom. The second-order valence-corrected chi connectivity index (χ2v) is 10.2. The van der Waals surface area contributed by atoms with Gasteiger partial charge in [0.25, 0.3) is 11.8 Å². The lowest BCUT2D eigenvalue weighted by Crippen LogP contribution is -2.44. The lowest BCUT2D eigenvalue weighted by Gasteiger charge is -2.15. The van der Waals surface area contributed by atoms with Crippen molar-refractivity contribution >= 4 is 62.1 Å². The molecule has 4 rings (SSSR count). The number of amides is 2. The van der Waals surface area contributed by atoms with Gasteiger partial charge in [-0.3, -0.25) is 15.0 Å². The smallest absolute Gasteiger partial charge is 0.285 e. The topological polar surface area (TPSA) is 67.9 Å². The number of carbonyl (C=O) groups is 2. The maximum Gasteiger partial charge on any atom is 0.285 e. The van der Waals surface area contributed by atoms with Gasteiger partial charge in [-0.25, -0.2) is 0 Å². The summed E-state index contributed by atoms with van der Waals surface area (Å²) >= 11 is 9.86. The SMILES string of the molecule is COc1cc(/C=C2/SC(=S)N(NC(=O)c3ccc(C)cc3)C2=O)ccc1OCc1ccc(Br)cc1. The van der Waals surface area contributed by atoms with Crippen LogP contribution in [0.3, 0.4) is 0 Å². The highest BCUT2D eigenvalue weighted by atomic mass is 79.9. The number of halogens is 1. The summed E-state index contributed by atoms with van der Waals surface area (Å²) in [4.78, 5) is 25.9. The normalized spacial score (nSPS) is 14.4. The first-order valence-electron chi connectivity index (χ1n) is 10.5. The van der Waals surface area contributed by atoms with E-state index in [-0.39, 0.29) is 4.32 Å². The predicted octanol–water partition coefficient (Wildman–Crippen LogP) is 5.89. The molecule has 0 bridgehead atoms. The van der Waals surface area contributed by atoms with Crippen LogP contribution in [0.2, 0.25) is 0 Å². The van der Waals surface area contributed by atoms with Crippen LogP contribution in [0.5, 0.6) is 11.5 Å². The monoisotopic (exact) mass is 568 g/mol.